The fourth-order valence-corrected chi connectivity index (χ4v) is 2.19. The van der Waals surface area contributed by atoms with Crippen LogP contribution in [0.1, 0.15) is 26.2 Å². The van der Waals surface area contributed by atoms with Gasteiger partial charge in [-0.05, 0) is 30.5 Å². The molecule has 0 heterocycles. The monoisotopic (exact) mass is 206 g/mol. The lowest BCUT2D eigenvalue weighted by Gasteiger charge is -2.15. The van der Waals surface area contributed by atoms with Gasteiger partial charge < -0.3 is 5.73 Å². The Morgan fingerprint density at radius 2 is 2.20 bits per heavy atom. The summed E-state index contributed by atoms with van der Waals surface area (Å²) in [6.07, 6.45) is 8.53. The van der Waals surface area contributed by atoms with E-state index in [-0.39, 0.29) is 0 Å². The number of primary amides is 1. The molecule has 3 heteroatoms. The van der Waals surface area contributed by atoms with Gasteiger partial charge in [-0.2, -0.15) is 0 Å². The Balaban J connectivity index is 2.78. The summed E-state index contributed by atoms with van der Waals surface area (Å²) in [6, 6.07) is 0. The lowest BCUT2D eigenvalue weighted by molar-refractivity contribution is -0.113. The molecule has 82 valence electrons. The van der Waals surface area contributed by atoms with Gasteiger partial charge in [0.05, 0.1) is 0 Å². The van der Waals surface area contributed by atoms with Crippen molar-refractivity contribution in [3.8, 4) is 0 Å². The first-order chi connectivity index (χ1) is 7.15. The molecule has 0 saturated heterocycles. The first-order valence-electron chi connectivity index (χ1n) is 5.28. The highest BCUT2D eigenvalue weighted by Crippen LogP contribution is 2.36. The number of hydrogen-bond acceptors (Lipinski definition) is 2. The van der Waals surface area contributed by atoms with Crippen LogP contribution in [0.25, 0.3) is 0 Å². The average molecular weight is 206 g/mol. The second-order valence-electron chi connectivity index (χ2n) is 4.06. The van der Waals surface area contributed by atoms with Crippen LogP contribution < -0.4 is 5.73 Å². The second kappa shape index (κ2) is 5.49. The topological polar surface area (TPSA) is 55.4 Å². The normalized spacial score (nSPS) is 27.1. The van der Waals surface area contributed by atoms with Gasteiger partial charge in [-0.15, -0.1) is 0 Å². The van der Waals surface area contributed by atoms with Gasteiger partial charge in [0, 0.05) is 12.3 Å². The molecule has 2 unspecified atom stereocenters. The van der Waals surface area contributed by atoms with Crippen LogP contribution in [0.4, 0.5) is 0 Å². The highest BCUT2D eigenvalue weighted by Gasteiger charge is 2.25. The van der Waals surface area contributed by atoms with E-state index in [1.807, 2.05) is 0 Å². The Kier molecular flexibility index (Phi) is 4.28. The van der Waals surface area contributed by atoms with Crippen LogP contribution in [-0.4, -0.2) is 12.6 Å². The zero-order valence-corrected chi connectivity index (χ0v) is 9.15. The number of allylic oxidation sites excluding steroid dienone is 2. The van der Waals surface area contributed by atoms with Gasteiger partial charge in [-0.25, -0.2) is 0 Å². The molecule has 1 rings (SSSR count). The molecule has 0 aromatic heterocycles. The Morgan fingerprint density at radius 3 is 2.67 bits per heavy atom. The van der Waals surface area contributed by atoms with Crippen molar-refractivity contribution in [1.29, 1.82) is 0 Å². The summed E-state index contributed by atoms with van der Waals surface area (Å²) in [5.74, 6) is 0.720. The largest absolute Gasteiger partial charge is 0.366 e. The summed E-state index contributed by atoms with van der Waals surface area (Å²) in [5.41, 5.74) is 6.13. The number of aliphatic imine (C=N–C) groups is 1. The van der Waals surface area contributed by atoms with Crippen molar-refractivity contribution in [2.45, 2.75) is 26.2 Å². The minimum Gasteiger partial charge on any atom is -0.366 e. The van der Waals surface area contributed by atoms with Crippen molar-refractivity contribution >= 4 is 12.6 Å². The second-order valence-corrected chi connectivity index (χ2v) is 4.06. The molecule has 1 aliphatic carbocycles. The predicted octanol–water partition coefficient (Wildman–Crippen LogP) is 2.05. The van der Waals surface area contributed by atoms with E-state index in [2.05, 4.69) is 18.6 Å². The third-order valence-corrected chi connectivity index (χ3v) is 2.97. The van der Waals surface area contributed by atoms with E-state index in [1.165, 1.54) is 18.9 Å². The van der Waals surface area contributed by atoms with Gasteiger partial charge in [-0.1, -0.05) is 25.8 Å². The lowest BCUT2D eigenvalue weighted by atomic mass is 9.90. The summed E-state index contributed by atoms with van der Waals surface area (Å²) in [5, 5.41) is 0. The average Bonchev–Trinajstić information content (AvgIpc) is 2.59. The van der Waals surface area contributed by atoms with E-state index in [4.69, 9.17) is 5.73 Å². The van der Waals surface area contributed by atoms with Crippen molar-refractivity contribution in [1.82, 2.24) is 0 Å². The summed E-state index contributed by atoms with van der Waals surface area (Å²) in [7, 11) is 0. The Hall–Kier alpha value is -1.38. The van der Waals surface area contributed by atoms with Gasteiger partial charge in [0.1, 0.15) is 0 Å². The van der Waals surface area contributed by atoms with E-state index in [0.29, 0.717) is 11.8 Å². The first-order valence-corrected chi connectivity index (χ1v) is 5.28. The molecular formula is C12H18N2O. The van der Waals surface area contributed by atoms with Crippen molar-refractivity contribution in [3.63, 3.8) is 0 Å². The Bertz CT molecular complexity index is 305. The summed E-state index contributed by atoms with van der Waals surface area (Å²) in [6.45, 7) is 5.68. The molecule has 1 fully saturated rings. The minimum atomic E-state index is -0.421. The smallest absolute Gasteiger partial charge is 0.241 e. The van der Waals surface area contributed by atoms with Crippen molar-refractivity contribution in [2.75, 3.05) is 0 Å². The summed E-state index contributed by atoms with van der Waals surface area (Å²) >= 11 is 0. The van der Waals surface area contributed by atoms with Crippen LogP contribution >= 0.6 is 0 Å². The van der Waals surface area contributed by atoms with E-state index < -0.39 is 5.91 Å². The molecular weight excluding hydrogens is 188 g/mol. The number of hydrogen-bond donors (Lipinski definition) is 1. The predicted molar refractivity (Wildman–Crippen MR) is 62.5 cm³/mol. The zero-order valence-electron chi connectivity index (χ0n) is 9.15. The maximum Gasteiger partial charge on any atom is 0.241 e. The molecule has 0 aliphatic heterocycles. The van der Waals surface area contributed by atoms with Gasteiger partial charge in [0.25, 0.3) is 0 Å². The van der Waals surface area contributed by atoms with Crippen molar-refractivity contribution in [3.05, 3.63) is 23.9 Å². The summed E-state index contributed by atoms with van der Waals surface area (Å²) < 4.78 is 0. The molecule has 2 atom stereocenters. The summed E-state index contributed by atoms with van der Waals surface area (Å²) in [4.78, 5) is 14.4. The maximum absolute atomic E-state index is 10.7. The molecule has 0 radical (unpaired) electrons. The minimum absolute atomic E-state index is 0.421. The zero-order chi connectivity index (χ0) is 11.3. The van der Waals surface area contributed by atoms with Crippen LogP contribution in [0.15, 0.2) is 28.9 Å². The standard InChI is InChI=1S/C12H18N2O/c1-9-4-3-5-11(9)10(8-14-2)6-7-12(13)15/h6-9,11H,2-5H2,1H3,(H2,13,15)/b7-6-,10-8-. The van der Waals surface area contributed by atoms with E-state index in [9.17, 15) is 4.79 Å². The Labute approximate surface area is 90.8 Å². The molecule has 0 bridgehead atoms. The molecule has 1 aliphatic rings. The third kappa shape index (κ3) is 3.35. The molecule has 0 aromatic rings. The number of nitrogens with two attached hydrogens (primary N) is 1. The fraction of sp³-hybridized carbons (Fsp3) is 0.500. The number of amides is 1. The quantitative estimate of drug-likeness (QED) is 0.427. The van der Waals surface area contributed by atoms with Gasteiger partial charge in [0.2, 0.25) is 5.91 Å². The Morgan fingerprint density at radius 1 is 1.47 bits per heavy atom. The maximum atomic E-state index is 10.7. The van der Waals surface area contributed by atoms with Crippen LogP contribution in [0.2, 0.25) is 0 Å². The van der Waals surface area contributed by atoms with Gasteiger partial charge in [0.15, 0.2) is 0 Å². The molecule has 15 heavy (non-hydrogen) atoms. The van der Waals surface area contributed by atoms with Gasteiger partial charge >= 0.3 is 0 Å². The van der Waals surface area contributed by atoms with E-state index in [1.54, 1.807) is 12.3 Å². The van der Waals surface area contributed by atoms with Crippen LogP contribution in [0.5, 0.6) is 0 Å². The number of carbonyl (C=O) groups excluding carboxylic acids is 1. The fourth-order valence-electron chi connectivity index (χ4n) is 2.19. The van der Waals surface area contributed by atoms with E-state index >= 15 is 0 Å². The van der Waals surface area contributed by atoms with Gasteiger partial charge in [-0.3, -0.25) is 9.79 Å². The molecule has 1 saturated carbocycles. The van der Waals surface area contributed by atoms with Crippen molar-refractivity contribution < 1.29 is 4.79 Å². The molecule has 1 amide bonds. The van der Waals surface area contributed by atoms with Crippen LogP contribution in [-0.2, 0) is 4.79 Å². The number of rotatable bonds is 4. The van der Waals surface area contributed by atoms with Crippen molar-refractivity contribution in [2.24, 2.45) is 22.6 Å². The number of carbonyl (C=O) groups is 1. The first kappa shape index (κ1) is 11.7. The highest BCUT2D eigenvalue weighted by atomic mass is 16.1. The van der Waals surface area contributed by atoms with Crippen LogP contribution in [0, 0.1) is 11.8 Å². The lowest BCUT2D eigenvalue weighted by Crippen LogP contribution is -2.09. The van der Waals surface area contributed by atoms with Crippen LogP contribution in [0.3, 0.4) is 0 Å². The number of nitrogens with zero attached hydrogens (tertiary/aromatic N) is 1. The molecule has 2 N–H and O–H groups in total. The molecule has 3 nitrogen and oxygen atoms in total. The SMILES string of the molecule is C=N/C=C(/C=C\C(N)=O)C1CCCC1C. The highest BCUT2D eigenvalue weighted by molar-refractivity contribution is 5.86. The third-order valence-electron chi connectivity index (χ3n) is 2.97. The van der Waals surface area contributed by atoms with E-state index in [0.717, 1.165) is 12.0 Å². The molecule has 0 spiro atoms. The molecule has 0 aromatic carbocycles.